The van der Waals surface area contributed by atoms with Crippen LogP contribution in [0.2, 0.25) is 0 Å². The van der Waals surface area contributed by atoms with Crippen LogP contribution in [0.25, 0.3) is 0 Å². The summed E-state index contributed by atoms with van der Waals surface area (Å²) in [5.41, 5.74) is 0.261. The Morgan fingerprint density at radius 3 is 2.33 bits per heavy atom. The Morgan fingerprint density at radius 2 is 1.73 bits per heavy atom. The van der Waals surface area contributed by atoms with E-state index in [1.807, 2.05) is 0 Å². The molecule has 0 atom stereocenters. The largest absolute Gasteiger partial charge is 0.396 e. The highest BCUT2D eigenvalue weighted by atomic mass is 16.3. The van der Waals surface area contributed by atoms with Gasteiger partial charge in [0.2, 0.25) is 0 Å². The van der Waals surface area contributed by atoms with Gasteiger partial charge in [-0.1, -0.05) is 39.0 Å². The Bertz CT molecular complexity index is 153. The van der Waals surface area contributed by atoms with Crippen LogP contribution in [-0.2, 0) is 0 Å². The van der Waals surface area contributed by atoms with Gasteiger partial charge in [0, 0.05) is 6.61 Å². The topological polar surface area (TPSA) is 32.3 Å². The standard InChI is InChI=1S/C13H27NO/c1-2-3-4-5-6-7-13(12-15)8-10-14-11-9-13/h14-15H,2-12H2,1H3. The molecule has 0 radical (unpaired) electrons. The zero-order chi connectivity index (χ0) is 11.0. The number of aliphatic hydroxyl groups is 1. The molecule has 0 saturated carbocycles. The smallest absolute Gasteiger partial charge is 0.0488 e. The highest BCUT2D eigenvalue weighted by molar-refractivity contribution is 4.83. The van der Waals surface area contributed by atoms with Crippen LogP contribution in [0.4, 0.5) is 0 Å². The molecular formula is C13H27NO. The first kappa shape index (κ1) is 13.0. The molecule has 1 saturated heterocycles. The van der Waals surface area contributed by atoms with E-state index in [0.29, 0.717) is 6.61 Å². The predicted octanol–water partition coefficient (Wildman–Crippen LogP) is 2.71. The van der Waals surface area contributed by atoms with Gasteiger partial charge in [0.05, 0.1) is 0 Å². The first-order valence-electron chi connectivity index (χ1n) is 6.64. The van der Waals surface area contributed by atoms with Crippen molar-refractivity contribution in [3.8, 4) is 0 Å². The fraction of sp³-hybridized carbons (Fsp3) is 1.00. The SMILES string of the molecule is CCCCCCCC1(CO)CCNCC1. The Kier molecular flexibility index (Phi) is 6.26. The average Bonchev–Trinajstić information content (AvgIpc) is 2.30. The summed E-state index contributed by atoms with van der Waals surface area (Å²) in [6.45, 7) is 4.83. The van der Waals surface area contributed by atoms with Crippen LogP contribution < -0.4 is 5.32 Å². The number of unbranched alkanes of at least 4 members (excludes halogenated alkanes) is 4. The molecular weight excluding hydrogens is 186 g/mol. The summed E-state index contributed by atoms with van der Waals surface area (Å²) >= 11 is 0. The van der Waals surface area contributed by atoms with Crippen molar-refractivity contribution in [2.75, 3.05) is 19.7 Å². The van der Waals surface area contributed by atoms with Crippen LogP contribution in [-0.4, -0.2) is 24.8 Å². The molecule has 1 aliphatic rings. The lowest BCUT2D eigenvalue weighted by Crippen LogP contribution is -2.39. The van der Waals surface area contributed by atoms with Gasteiger partial charge in [-0.15, -0.1) is 0 Å². The van der Waals surface area contributed by atoms with Crippen LogP contribution in [0.15, 0.2) is 0 Å². The second-order valence-corrected chi connectivity index (χ2v) is 5.07. The van der Waals surface area contributed by atoms with Crippen LogP contribution >= 0.6 is 0 Å². The number of rotatable bonds is 7. The molecule has 1 heterocycles. The van der Waals surface area contributed by atoms with E-state index in [9.17, 15) is 5.11 Å². The minimum atomic E-state index is 0.261. The van der Waals surface area contributed by atoms with Gasteiger partial charge in [0.1, 0.15) is 0 Å². The fourth-order valence-corrected chi connectivity index (χ4v) is 2.55. The van der Waals surface area contributed by atoms with Crippen molar-refractivity contribution in [1.82, 2.24) is 5.32 Å². The molecule has 15 heavy (non-hydrogen) atoms. The highest BCUT2D eigenvalue weighted by Gasteiger charge is 2.30. The number of hydrogen-bond acceptors (Lipinski definition) is 2. The van der Waals surface area contributed by atoms with E-state index in [2.05, 4.69) is 12.2 Å². The molecule has 1 aliphatic heterocycles. The average molecular weight is 213 g/mol. The third-order valence-electron chi connectivity index (χ3n) is 3.81. The molecule has 2 heteroatoms. The minimum Gasteiger partial charge on any atom is -0.396 e. The summed E-state index contributed by atoms with van der Waals surface area (Å²) in [6, 6.07) is 0. The third kappa shape index (κ3) is 4.52. The second-order valence-electron chi connectivity index (χ2n) is 5.07. The highest BCUT2D eigenvalue weighted by Crippen LogP contribution is 2.34. The number of nitrogens with one attached hydrogen (secondary N) is 1. The Labute approximate surface area is 94.5 Å². The van der Waals surface area contributed by atoms with Crippen molar-refractivity contribution in [1.29, 1.82) is 0 Å². The molecule has 2 nitrogen and oxygen atoms in total. The Balaban J connectivity index is 2.15. The predicted molar refractivity (Wildman–Crippen MR) is 65.0 cm³/mol. The van der Waals surface area contributed by atoms with E-state index >= 15 is 0 Å². The van der Waals surface area contributed by atoms with Crippen molar-refractivity contribution < 1.29 is 5.11 Å². The first-order valence-corrected chi connectivity index (χ1v) is 6.64. The van der Waals surface area contributed by atoms with Crippen LogP contribution in [0.1, 0.15) is 58.3 Å². The van der Waals surface area contributed by atoms with E-state index in [-0.39, 0.29) is 5.41 Å². The Hall–Kier alpha value is -0.0800. The fourth-order valence-electron chi connectivity index (χ4n) is 2.55. The van der Waals surface area contributed by atoms with E-state index in [0.717, 1.165) is 25.9 Å². The van der Waals surface area contributed by atoms with Gasteiger partial charge in [-0.05, 0) is 37.8 Å². The van der Waals surface area contributed by atoms with Gasteiger partial charge in [-0.25, -0.2) is 0 Å². The molecule has 0 amide bonds. The zero-order valence-corrected chi connectivity index (χ0v) is 10.2. The number of aliphatic hydroxyl groups excluding tert-OH is 1. The lowest BCUT2D eigenvalue weighted by molar-refractivity contribution is 0.0774. The van der Waals surface area contributed by atoms with Gasteiger partial charge in [0.15, 0.2) is 0 Å². The van der Waals surface area contributed by atoms with Gasteiger partial charge in [-0.2, -0.15) is 0 Å². The monoisotopic (exact) mass is 213 g/mol. The van der Waals surface area contributed by atoms with Crippen molar-refractivity contribution in [2.45, 2.75) is 58.3 Å². The lowest BCUT2D eigenvalue weighted by Gasteiger charge is -2.36. The third-order valence-corrected chi connectivity index (χ3v) is 3.81. The summed E-state index contributed by atoms with van der Waals surface area (Å²) in [4.78, 5) is 0. The Morgan fingerprint density at radius 1 is 1.07 bits per heavy atom. The normalized spacial score (nSPS) is 20.4. The maximum absolute atomic E-state index is 9.52. The molecule has 0 unspecified atom stereocenters. The van der Waals surface area contributed by atoms with Crippen molar-refractivity contribution in [2.24, 2.45) is 5.41 Å². The lowest BCUT2D eigenvalue weighted by atomic mass is 9.75. The zero-order valence-electron chi connectivity index (χ0n) is 10.2. The summed E-state index contributed by atoms with van der Waals surface area (Å²) in [5.74, 6) is 0. The van der Waals surface area contributed by atoms with Crippen LogP contribution in [0.3, 0.4) is 0 Å². The molecule has 0 aromatic rings. The van der Waals surface area contributed by atoms with Crippen molar-refractivity contribution >= 4 is 0 Å². The second kappa shape index (κ2) is 7.24. The van der Waals surface area contributed by atoms with E-state index in [4.69, 9.17) is 0 Å². The summed E-state index contributed by atoms with van der Waals surface area (Å²) in [7, 11) is 0. The van der Waals surface area contributed by atoms with E-state index in [1.165, 1.54) is 38.5 Å². The van der Waals surface area contributed by atoms with Crippen LogP contribution in [0, 0.1) is 5.41 Å². The molecule has 1 rings (SSSR count). The summed E-state index contributed by atoms with van der Waals surface area (Å²) < 4.78 is 0. The van der Waals surface area contributed by atoms with Crippen molar-refractivity contribution in [3.05, 3.63) is 0 Å². The molecule has 2 N–H and O–H groups in total. The van der Waals surface area contributed by atoms with E-state index < -0.39 is 0 Å². The van der Waals surface area contributed by atoms with Gasteiger partial charge >= 0.3 is 0 Å². The first-order chi connectivity index (χ1) is 7.33. The molecule has 0 aliphatic carbocycles. The maximum Gasteiger partial charge on any atom is 0.0488 e. The summed E-state index contributed by atoms with van der Waals surface area (Å²) in [5, 5.41) is 12.9. The van der Waals surface area contributed by atoms with Gasteiger partial charge < -0.3 is 10.4 Å². The molecule has 0 aromatic carbocycles. The van der Waals surface area contributed by atoms with Crippen molar-refractivity contribution in [3.63, 3.8) is 0 Å². The van der Waals surface area contributed by atoms with Gasteiger partial charge in [0.25, 0.3) is 0 Å². The minimum absolute atomic E-state index is 0.261. The molecule has 0 aromatic heterocycles. The number of piperidine rings is 1. The molecule has 0 bridgehead atoms. The molecule has 1 fully saturated rings. The molecule has 0 spiro atoms. The summed E-state index contributed by atoms with van der Waals surface area (Å²) in [6.07, 6.45) is 10.3. The van der Waals surface area contributed by atoms with Gasteiger partial charge in [-0.3, -0.25) is 0 Å². The van der Waals surface area contributed by atoms with Crippen LogP contribution in [0.5, 0.6) is 0 Å². The maximum atomic E-state index is 9.52. The van der Waals surface area contributed by atoms with E-state index in [1.54, 1.807) is 0 Å². The quantitative estimate of drug-likeness (QED) is 0.637. The molecule has 90 valence electrons. The number of hydrogen-bond donors (Lipinski definition) is 2.